The first-order chi connectivity index (χ1) is 14.8. The molecule has 31 heavy (non-hydrogen) atoms. The van der Waals surface area contributed by atoms with Crippen molar-refractivity contribution < 1.29 is 18.7 Å². The van der Waals surface area contributed by atoms with E-state index in [0.717, 1.165) is 5.69 Å². The first-order valence-corrected chi connectivity index (χ1v) is 10.3. The highest BCUT2D eigenvalue weighted by molar-refractivity contribution is 6.05. The van der Waals surface area contributed by atoms with Crippen LogP contribution in [0.5, 0.6) is 11.5 Å². The Kier molecular flexibility index (Phi) is 7.36. The molecule has 1 atom stereocenters. The molecule has 1 unspecified atom stereocenters. The molecule has 1 N–H and O–H groups in total. The highest BCUT2D eigenvalue weighted by Gasteiger charge is 2.13. The van der Waals surface area contributed by atoms with Crippen LogP contribution in [0.3, 0.4) is 0 Å². The van der Waals surface area contributed by atoms with Gasteiger partial charge in [0.1, 0.15) is 17.3 Å². The summed E-state index contributed by atoms with van der Waals surface area (Å²) in [5.41, 5.74) is 2.69. The van der Waals surface area contributed by atoms with E-state index in [-0.39, 0.29) is 23.9 Å². The summed E-state index contributed by atoms with van der Waals surface area (Å²) in [6, 6.07) is 16.5. The predicted molar refractivity (Wildman–Crippen MR) is 119 cm³/mol. The van der Waals surface area contributed by atoms with Crippen molar-refractivity contribution in [3.63, 3.8) is 0 Å². The standard InChI is InChI=1S/C25H27FN2O3/c1-16(2)30-17(3)14-21-10-13-24(18(4)27-21)25(29)28-20-8-11-22(12-9-20)31-23-7-5-6-19(26)15-23/h5-13,15-17H,14H2,1-4H3,(H,28,29). The van der Waals surface area contributed by atoms with Gasteiger partial charge in [0.15, 0.2) is 0 Å². The zero-order valence-electron chi connectivity index (χ0n) is 18.2. The van der Waals surface area contributed by atoms with E-state index < -0.39 is 0 Å². The van der Waals surface area contributed by atoms with Gasteiger partial charge in [-0.1, -0.05) is 6.07 Å². The Labute approximate surface area is 182 Å². The molecule has 0 fully saturated rings. The number of carbonyl (C=O) groups is 1. The molecule has 0 spiro atoms. The second-order valence-corrected chi connectivity index (χ2v) is 7.67. The number of carbonyl (C=O) groups excluding carboxylic acids is 1. The topological polar surface area (TPSA) is 60.5 Å². The molecule has 3 aromatic rings. The molecule has 0 aliphatic heterocycles. The molecule has 0 saturated carbocycles. The fourth-order valence-electron chi connectivity index (χ4n) is 3.25. The maximum atomic E-state index is 13.3. The maximum absolute atomic E-state index is 13.3. The normalized spacial score (nSPS) is 11.9. The van der Waals surface area contributed by atoms with Crippen molar-refractivity contribution in [1.82, 2.24) is 4.98 Å². The Morgan fingerprint density at radius 3 is 2.42 bits per heavy atom. The molecule has 3 rings (SSSR count). The van der Waals surface area contributed by atoms with Crippen LogP contribution in [0, 0.1) is 12.7 Å². The summed E-state index contributed by atoms with van der Waals surface area (Å²) in [7, 11) is 0. The SMILES string of the molecule is Cc1nc(CC(C)OC(C)C)ccc1C(=O)Nc1ccc(Oc2cccc(F)c2)cc1. The Morgan fingerprint density at radius 1 is 1.03 bits per heavy atom. The second kappa shape index (κ2) is 10.2. The van der Waals surface area contributed by atoms with Crippen molar-refractivity contribution in [3.8, 4) is 11.5 Å². The van der Waals surface area contributed by atoms with Gasteiger partial charge in [-0.15, -0.1) is 0 Å². The molecule has 0 radical (unpaired) electrons. The minimum Gasteiger partial charge on any atom is -0.457 e. The van der Waals surface area contributed by atoms with Crippen LogP contribution < -0.4 is 10.1 Å². The van der Waals surface area contributed by atoms with Gasteiger partial charge < -0.3 is 14.8 Å². The molecule has 0 bridgehead atoms. The van der Waals surface area contributed by atoms with E-state index in [2.05, 4.69) is 10.3 Å². The third kappa shape index (κ3) is 6.62. The molecule has 6 heteroatoms. The summed E-state index contributed by atoms with van der Waals surface area (Å²) in [6.45, 7) is 7.84. The van der Waals surface area contributed by atoms with Gasteiger partial charge in [-0.25, -0.2) is 4.39 Å². The van der Waals surface area contributed by atoms with Gasteiger partial charge in [-0.2, -0.15) is 0 Å². The number of amides is 1. The maximum Gasteiger partial charge on any atom is 0.257 e. The molecule has 0 aliphatic rings. The van der Waals surface area contributed by atoms with Crippen molar-refractivity contribution in [2.24, 2.45) is 0 Å². The summed E-state index contributed by atoms with van der Waals surface area (Å²) in [4.78, 5) is 17.2. The average molecular weight is 423 g/mol. The highest BCUT2D eigenvalue weighted by atomic mass is 19.1. The van der Waals surface area contributed by atoms with Gasteiger partial charge >= 0.3 is 0 Å². The third-order valence-electron chi connectivity index (χ3n) is 4.53. The Hall–Kier alpha value is -3.25. The van der Waals surface area contributed by atoms with Gasteiger partial charge in [-0.05, 0) is 76.2 Å². The molecule has 1 heterocycles. The average Bonchev–Trinajstić information content (AvgIpc) is 2.69. The number of nitrogens with zero attached hydrogens (tertiary/aromatic N) is 1. The molecule has 2 aromatic carbocycles. The minimum atomic E-state index is -0.363. The molecule has 0 aliphatic carbocycles. The van der Waals surface area contributed by atoms with Crippen LogP contribution in [0.4, 0.5) is 10.1 Å². The number of pyridine rings is 1. The number of halogens is 1. The number of nitrogens with one attached hydrogen (secondary N) is 1. The Balaban J connectivity index is 1.61. The third-order valence-corrected chi connectivity index (χ3v) is 4.53. The van der Waals surface area contributed by atoms with Gasteiger partial charge in [0.25, 0.3) is 5.91 Å². The predicted octanol–water partition coefficient (Wildman–Crippen LogP) is 5.93. The van der Waals surface area contributed by atoms with Crippen LogP contribution in [0.25, 0.3) is 0 Å². The Bertz CT molecular complexity index is 1040. The fraction of sp³-hybridized carbons (Fsp3) is 0.280. The van der Waals surface area contributed by atoms with Crippen molar-refractivity contribution in [2.75, 3.05) is 5.32 Å². The number of aromatic nitrogens is 1. The van der Waals surface area contributed by atoms with Crippen LogP contribution in [-0.4, -0.2) is 23.1 Å². The monoisotopic (exact) mass is 422 g/mol. The highest BCUT2D eigenvalue weighted by Crippen LogP contribution is 2.24. The van der Waals surface area contributed by atoms with Crippen LogP contribution in [-0.2, 0) is 11.2 Å². The molecule has 0 saturated heterocycles. The van der Waals surface area contributed by atoms with E-state index in [1.54, 1.807) is 42.5 Å². The first kappa shape index (κ1) is 22.4. The molecular formula is C25H27FN2O3. The van der Waals surface area contributed by atoms with Gasteiger partial charge in [0, 0.05) is 23.9 Å². The van der Waals surface area contributed by atoms with Crippen LogP contribution in [0.1, 0.15) is 42.5 Å². The lowest BCUT2D eigenvalue weighted by atomic mass is 10.1. The van der Waals surface area contributed by atoms with E-state index in [1.807, 2.05) is 33.8 Å². The molecule has 1 aromatic heterocycles. The second-order valence-electron chi connectivity index (χ2n) is 7.67. The lowest BCUT2D eigenvalue weighted by Gasteiger charge is -2.16. The molecule has 5 nitrogen and oxygen atoms in total. The number of ether oxygens (including phenoxy) is 2. The van der Waals surface area contributed by atoms with Gasteiger partial charge in [0.05, 0.1) is 23.5 Å². The zero-order valence-corrected chi connectivity index (χ0v) is 18.2. The molecule has 162 valence electrons. The number of benzene rings is 2. The summed E-state index contributed by atoms with van der Waals surface area (Å²) in [5, 5.41) is 2.87. The van der Waals surface area contributed by atoms with Crippen LogP contribution in [0.2, 0.25) is 0 Å². The number of hydrogen-bond donors (Lipinski definition) is 1. The number of rotatable bonds is 8. The fourth-order valence-corrected chi connectivity index (χ4v) is 3.25. The summed E-state index contributed by atoms with van der Waals surface area (Å²) in [5.74, 6) is 0.357. The largest absolute Gasteiger partial charge is 0.457 e. The van der Waals surface area contributed by atoms with E-state index in [4.69, 9.17) is 9.47 Å². The van der Waals surface area contributed by atoms with Crippen molar-refractivity contribution >= 4 is 11.6 Å². The summed E-state index contributed by atoms with van der Waals surface area (Å²) in [6.07, 6.45) is 0.903. The van der Waals surface area contributed by atoms with Crippen molar-refractivity contribution in [1.29, 1.82) is 0 Å². The number of aryl methyl sites for hydroxylation is 1. The van der Waals surface area contributed by atoms with Crippen LogP contribution >= 0.6 is 0 Å². The first-order valence-electron chi connectivity index (χ1n) is 10.3. The molecular weight excluding hydrogens is 395 g/mol. The van der Waals surface area contributed by atoms with Crippen LogP contribution in [0.15, 0.2) is 60.7 Å². The van der Waals surface area contributed by atoms with Gasteiger partial charge in [-0.3, -0.25) is 9.78 Å². The zero-order chi connectivity index (χ0) is 22.4. The summed E-state index contributed by atoms with van der Waals surface area (Å²) < 4.78 is 24.6. The van der Waals surface area contributed by atoms with E-state index in [1.165, 1.54) is 12.1 Å². The smallest absolute Gasteiger partial charge is 0.257 e. The van der Waals surface area contributed by atoms with E-state index in [9.17, 15) is 9.18 Å². The van der Waals surface area contributed by atoms with E-state index >= 15 is 0 Å². The van der Waals surface area contributed by atoms with Crippen molar-refractivity contribution in [3.05, 3.63) is 83.4 Å². The number of anilines is 1. The van der Waals surface area contributed by atoms with Gasteiger partial charge in [0.2, 0.25) is 0 Å². The number of hydrogen-bond acceptors (Lipinski definition) is 4. The lowest BCUT2D eigenvalue weighted by molar-refractivity contribution is 0.0190. The lowest BCUT2D eigenvalue weighted by Crippen LogP contribution is -2.18. The minimum absolute atomic E-state index is 0.0553. The molecule has 1 amide bonds. The van der Waals surface area contributed by atoms with Crippen molar-refractivity contribution in [2.45, 2.75) is 46.3 Å². The summed E-state index contributed by atoms with van der Waals surface area (Å²) >= 11 is 0. The van der Waals surface area contributed by atoms with E-state index in [0.29, 0.717) is 34.9 Å². The Morgan fingerprint density at radius 2 is 1.77 bits per heavy atom. The quantitative estimate of drug-likeness (QED) is 0.489.